The Kier molecular flexibility index (Phi) is 9.78. The van der Waals surface area contributed by atoms with Crippen molar-refractivity contribution in [3.63, 3.8) is 0 Å². The molecule has 4 atom stereocenters. The molecule has 0 aliphatic heterocycles. The summed E-state index contributed by atoms with van der Waals surface area (Å²) in [7, 11) is 0. The second-order valence-corrected chi connectivity index (χ2v) is 8.63. The molecule has 1 rings (SSSR count). The number of carboxylic acid groups (broad SMARTS) is 1. The van der Waals surface area contributed by atoms with Crippen molar-refractivity contribution in [1.82, 2.24) is 0 Å². The van der Waals surface area contributed by atoms with E-state index in [-0.39, 0.29) is 18.3 Å². The van der Waals surface area contributed by atoms with Crippen LogP contribution in [0.1, 0.15) is 72.1 Å². The minimum atomic E-state index is -2.97. The highest BCUT2D eigenvalue weighted by atomic mass is 19.3. The van der Waals surface area contributed by atoms with Crippen LogP contribution in [0, 0.1) is 17.3 Å². The van der Waals surface area contributed by atoms with Crippen molar-refractivity contribution in [2.75, 3.05) is 0 Å². The summed E-state index contributed by atoms with van der Waals surface area (Å²) in [6.45, 7) is 5.98. The first-order valence-corrected chi connectivity index (χ1v) is 10.3. The number of aliphatic hydroxyl groups excluding tert-OH is 2. The molecule has 162 valence electrons. The van der Waals surface area contributed by atoms with Gasteiger partial charge in [-0.05, 0) is 31.1 Å². The summed E-state index contributed by atoms with van der Waals surface area (Å²) >= 11 is 0. The lowest BCUT2D eigenvalue weighted by molar-refractivity contribution is -0.137. The van der Waals surface area contributed by atoms with Crippen LogP contribution in [0.4, 0.5) is 8.78 Å². The summed E-state index contributed by atoms with van der Waals surface area (Å²) < 4.78 is 28.7. The SMILES string of the molecule is CCCCC(C)(C)C(O)C=C[C@H]1[C@H](O)CC(F)(F)[C@@H]1CC=CCCCC(=O)O. The maximum Gasteiger partial charge on any atom is 0.303 e. The molecule has 0 aromatic carbocycles. The molecule has 0 aromatic heterocycles. The molecule has 6 heteroatoms. The second-order valence-electron chi connectivity index (χ2n) is 8.63. The number of hydrogen-bond donors (Lipinski definition) is 3. The van der Waals surface area contributed by atoms with Crippen LogP contribution in [0.25, 0.3) is 0 Å². The lowest BCUT2D eigenvalue weighted by Crippen LogP contribution is -2.29. The van der Waals surface area contributed by atoms with Crippen LogP contribution < -0.4 is 0 Å². The van der Waals surface area contributed by atoms with Gasteiger partial charge in [0.1, 0.15) is 0 Å². The topological polar surface area (TPSA) is 77.8 Å². The minimum absolute atomic E-state index is 0.0553. The van der Waals surface area contributed by atoms with Crippen molar-refractivity contribution in [3.8, 4) is 0 Å². The number of carbonyl (C=O) groups is 1. The number of alkyl halides is 2. The highest BCUT2D eigenvalue weighted by Crippen LogP contribution is 2.47. The van der Waals surface area contributed by atoms with Crippen LogP contribution in [-0.4, -0.2) is 39.4 Å². The van der Waals surface area contributed by atoms with Gasteiger partial charge in [0.2, 0.25) is 0 Å². The Hall–Kier alpha value is -1.27. The molecule has 1 fully saturated rings. The third kappa shape index (κ3) is 7.63. The van der Waals surface area contributed by atoms with Crippen LogP contribution in [-0.2, 0) is 4.79 Å². The standard InChI is InChI=1S/C22H36F2O4/c1-4-5-14-21(2,3)19(26)13-12-16-17(22(23,24)15-18(16)25)10-8-6-7-9-11-20(27)28/h6,8,12-13,16-19,25-26H,4-5,7,9-11,14-15H2,1-3H3,(H,27,28)/t16-,17-,18-,19?/m1/s1. The number of aliphatic hydroxyl groups is 2. The summed E-state index contributed by atoms with van der Waals surface area (Å²) in [5.74, 6) is -5.58. The maximum absolute atomic E-state index is 14.3. The molecular weight excluding hydrogens is 366 g/mol. The van der Waals surface area contributed by atoms with Gasteiger partial charge in [0, 0.05) is 24.7 Å². The molecule has 3 N–H and O–H groups in total. The van der Waals surface area contributed by atoms with E-state index in [2.05, 4.69) is 6.92 Å². The highest BCUT2D eigenvalue weighted by Gasteiger charge is 2.53. The molecule has 4 nitrogen and oxygen atoms in total. The van der Waals surface area contributed by atoms with E-state index in [9.17, 15) is 23.8 Å². The first-order chi connectivity index (χ1) is 13.0. The molecule has 0 spiro atoms. The van der Waals surface area contributed by atoms with E-state index in [1.807, 2.05) is 13.8 Å². The monoisotopic (exact) mass is 402 g/mol. The van der Waals surface area contributed by atoms with Gasteiger partial charge >= 0.3 is 5.97 Å². The van der Waals surface area contributed by atoms with Crippen LogP contribution in [0.5, 0.6) is 0 Å². The number of rotatable bonds is 12. The van der Waals surface area contributed by atoms with Gasteiger partial charge in [-0.25, -0.2) is 8.78 Å². The van der Waals surface area contributed by atoms with Crippen LogP contribution >= 0.6 is 0 Å². The average Bonchev–Trinajstić information content (AvgIpc) is 2.81. The van der Waals surface area contributed by atoms with E-state index in [1.54, 1.807) is 24.3 Å². The van der Waals surface area contributed by atoms with Crippen LogP contribution in [0.15, 0.2) is 24.3 Å². The summed E-state index contributed by atoms with van der Waals surface area (Å²) in [4.78, 5) is 10.5. The quantitative estimate of drug-likeness (QED) is 0.319. The molecule has 1 unspecified atom stereocenters. The van der Waals surface area contributed by atoms with Gasteiger partial charge in [0.25, 0.3) is 5.92 Å². The van der Waals surface area contributed by atoms with E-state index >= 15 is 0 Å². The van der Waals surface area contributed by atoms with Gasteiger partial charge in [-0.3, -0.25) is 4.79 Å². The van der Waals surface area contributed by atoms with Crippen molar-refractivity contribution in [1.29, 1.82) is 0 Å². The predicted molar refractivity (Wildman–Crippen MR) is 106 cm³/mol. The van der Waals surface area contributed by atoms with Gasteiger partial charge in [-0.15, -0.1) is 0 Å². The molecule has 1 aliphatic rings. The lowest BCUT2D eigenvalue weighted by atomic mass is 9.80. The summed E-state index contributed by atoms with van der Waals surface area (Å²) in [5, 5.41) is 29.2. The molecule has 0 radical (unpaired) electrons. The first kappa shape index (κ1) is 24.8. The molecule has 0 aromatic rings. The van der Waals surface area contributed by atoms with Gasteiger partial charge in [0.05, 0.1) is 12.2 Å². The smallest absolute Gasteiger partial charge is 0.303 e. The third-order valence-corrected chi connectivity index (χ3v) is 5.74. The number of unbranched alkanes of at least 4 members (excludes halogenated alkanes) is 2. The largest absolute Gasteiger partial charge is 0.481 e. The predicted octanol–water partition coefficient (Wildman–Crippen LogP) is 4.95. The Morgan fingerprint density at radius 3 is 2.57 bits per heavy atom. The Labute approximate surface area is 167 Å². The van der Waals surface area contributed by atoms with Gasteiger partial charge in [-0.1, -0.05) is 57.9 Å². The third-order valence-electron chi connectivity index (χ3n) is 5.74. The minimum Gasteiger partial charge on any atom is -0.481 e. The van der Waals surface area contributed by atoms with Crippen molar-refractivity contribution in [2.24, 2.45) is 17.3 Å². The zero-order chi connectivity index (χ0) is 21.4. The van der Waals surface area contributed by atoms with Crippen molar-refractivity contribution >= 4 is 5.97 Å². The summed E-state index contributed by atoms with van der Waals surface area (Å²) in [6.07, 6.45) is 8.05. The number of carboxylic acids is 1. The van der Waals surface area contributed by atoms with E-state index in [0.29, 0.717) is 12.8 Å². The Morgan fingerprint density at radius 2 is 1.96 bits per heavy atom. The number of aliphatic carboxylic acids is 1. The highest BCUT2D eigenvalue weighted by molar-refractivity contribution is 5.66. The van der Waals surface area contributed by atoms with Gasteiger partial charge in [0.15, 0.2) is 0 Å². The number of hydrogen-bond acceptors (Lipinski definition) is 3. The maximum atomic E-state index is 14.3. The molecule has 1 saturated carbocycles. The molecule has 1 aliphatic carbocycles. The van der Waals surface area contributed by atoms with Crippen LogP contribution in [0.3, 0.4) is 0 Å². The van der Waals surface area contributed by atoms with E-state index < -0.39 is 42.4 Å². The molecule has 28 heavy (non-hydrogen) atoms. The number of halogens is 2. The molecule has 0 saturated heterocycles. The first-order valence-electron chi connectivity index (χ1n) is 10.3. The van der Waals surface area contributed by atoms with E-state index in [4.69, 9.17) is 5.11 Å². The van der Waals surface area contributed by atoms with Gasteiger partial charge < -0.3 is 15.3 Å². The van der Waals surface area contributed by atoms with E-state index in [1.165, 1.54) is 0 Å². The Morgan fingerprint density at radius 1 is 1.29 bits per heavy atom. The Balaban J connectivity index is 2.73. The average molecular weight is 403 g/mol. The fourth-order valence-electron chi connectivity index (χ4n) is 3.71. The van der Waals surface area contributed by atoms with Crippen molar-refractivity contribution < 1.29 is 28.9 Å². The fraction of sp³-hybridized carbons (Fsp3) is 0.773. The normalized spacial score (nSPS) is 26.3. The zero-order valence-electron chi connectivity index (χ0n) is 17.3. The number of allylic oxidation sites excluding steroid dienone is 2. The molecule has 0 bridgehead atoms. The summed E-state index contributed by atoms with van der Waals surface area (Å²) in [5.41, 5.74) is -0.349. The lowest BCUT2D eigenvalue weighted by Gasteiger charge is -2.29. The molecule has 0 heterocycles. The second kappa shape index (κ2) is 11.1. The fourth-order valence-corrected chi connectivity index (χ4v) is 3.71. The molecule has 0 amide bonds. The zero-order valence-corrected chi connectivity index (χ0v) is 17.3. The van der Waals surface area contributed by atoms with Crippen molar-refractivity contribution in [2.45, 2.75) is 90.3 Å². The molecular formula is C22H36F2O4. The van der Waals surface area contributed by atoms with Gasteiger partial charge in [-0.2, -0.15) is 0 Å². The Bertz CT molecular complexity index is 543. The van der Waals surface area contributed by atoms with Crippen molar-refractivity contribution in [3.05, 3.63) is 24.3 Å². The van der Waals surface area contributed by atoms with Crippen LogP contribution in [0.2, 0.25) is 0 Å². The van der Waals surface area contributed by atoms with E-state index in [0.717, 1.165) is 19.3 Å². The summed E-state index contributed by atoms with van der Waals surface area (Å²) in [6, 6.07) is 0.